The van der Waals surface area contributed by atoms with Gasteiger partial charge >= 0.3 is 0 Å². The van der Waals surface area contributed by atoms with E-state index in [-0.39, 0.29) is 5.82 Å². The number of benzene rings is 1. The minimum absolute atomic E-state index is 0.231. The molecule has 1 atom stereocenters. The van der Waals surface area contributed by atoms with Crippen molar-refractivity contribution in [3.05, 3.63) is 47.0 Å². The van der Waals surface area contributed by atoms with Gasteiger partial charge in [-0.05, 0) is 50.8 Å². The standard InChI is InChI=1S/C17H22FN3/c1-11(10-19-15-7-8-15)17-12(2)20-21(13(17)3)16-6-4-5-14(18)9-16/h4-6,9,11,15,19H,7-8,10H2,1-3H3. The molecule has 1 aliphatic rings. The Kier molecular flexibility index (Phi) is 3.81. The lowest BCUT2D eigenvalue weighted by Gasteiger charge is -2.13. The molecular formula is C17H22FN3. The molecule has 2 aromatic rings. The molecular weight excluding hydrogens is 265 g/mol. The molecule has 0 bridgehead atoms. The van der Waals surface area contributed by atoms with Gasteiger partial charge in [-0.25, -0.2) is 9.07 Å². The van der Waals surface area contributed by atoms with Gasteiger partial charge in [-0.3, -0.25) is 0 Å². The van der Waals surface area contributed by atoms with Gasteiger partial charge in [0, 0.05) is 23.8 Å². The van der Waals surface area contributed by atoms with Gasteiger partial charge in [-0.2, -0.15) is 5.10 Å². The molecule has 0 amide bonds. The molecule has 0 aliphatic heterocycles. The number of halogens is 1. The number of nitrogens with zero attached hydrogens (tertiary/aromatic N) is 2. The van der Waals surface area contributed by atoms with E-state index >= 15 is 0 Å². The van der Waals surface area contributed by atoms with Crippen LogP contribution in [0.25, 0.3) is 5.69 Å². The van der Waals surface area contributed by atoms with Gasteiger partial charge in [0.05, 0.1) is 11.4 Å². The van der Waals surface area contributed by atoms with Crippen molar-refractivity contribution in [1.82, 2.24) is 15.1 Å². The third-order valence-electron chi connectivity index (χ3n) is 4.18. The highest BCUT2D eigenvalue weighted by atomic mass is 19.1. The first-order chi connectivity index (χ1) is 10.1. The van der Waals surface area contributed by atoms with E-state index in [4.69, 9.17) is 0 Å². The number of hydrogen-bond donors (Lipinski definition) is 1. The lowest BCUT2D eigenvalue weighted by molar-refractivity contribution is 0.607. The van der Waals surface area contributed by atoms with Crippen molar-refractivity contribution in [2.24, 2.45) is 0 Å². The van der Waals surface area contributed by atoms with E-state index in [2.05, 4.69) is 24.3 Å². The molecule has 1 aromatic carbocycles. The summed E-state index contributed by atoms with van der Waals surface area (Å²) in [7, 11) is 0. The molecule has 1 unspecified atom stereocenters. The monoisotopic (exact) mass is 287 g/mol. The first-order valence-electron chi connectivity index (χ1n) is 7.61. The first kappa shape index (κ1) is 14.3. The Bertz CT molecular complexity index is 643. The van der Waals surface area contributed by atoms with Crippen molar-refractivity contribution >= 4 is 0 Å². The summed E-state index contributed by atoms with van der Waals surface area (Å²) in [6.45, 7) is 7.29. The molecule has 1 aliphatic carbocycles. The Morgan fingerprint density at radius 2 is 2.14 bits per heavy atom. The molecule has 0 spiro atoms. The Morgan fingerprint density at radius 3 is 2.81 bits per heavy atom. The van der Waals surface area contributed by atoms with Gasteiger partial charge in [0.25, 0.3) is 0 Å². The smallest absolute Gasteiger partial charge is 0.125 e. The minimum atomic E-state index is -0.231. The van der Waals surface area contributed by atoms with E-state index in [0.29, 0.717) is 12.0 Å². The van der Waals surface area contributed by atoms with Crippen molar-refractivity contribution < 1.29 is 4.39 Å². The van der Waals surface area contributed by atoms with Crippen LogP contribution in [0.3, 0.4) is 0 Å². The number of nitrogens with one attached hydrogen (secondary N) is 1. The van der Waals surface area contributed by atoms with Gasteiger partial charge in [0.15, 0.2) is 0 Å². The topological polar surface area (TPSA) is 29.9 Å². The molecule has 3 nitrogen and oxygen atoms in total. The Hall–Kier alpha value is -1.68. The quantitative estimate of drug-likeness (QED) is 0.912. The van der Waals surface area contributed by atoms with E-state index in [1.54, 1.807) is 6.07 Å². The van der Waals surface area contributed by atoms with Crippen LogP contribution in [0.5, 0.6) is 0 Å². The third kappa shape index (κ3) is 3.00. The third-order valence-corrected chi connectivity index (χ3v) is 4.18. The van der Waals surface area contributed by atoms with Crippen molar-refractivity contribution in [2.75, 3.05) is 6.54 Å². The lowest BCUT2D eigenvalue weighted by atomic mass is 9.99. The van der Waals surface area contributed by atoms with Crippen LogP contribution in [0.1, 0.15) is 42.6 Å². The second-order valence-corrected chi connectivity index (χ2v) is 6.06. The van der Waals surface area contributed by atoms with Gasteiger partial charge < -0.3 is 5.32 Å². The van der Waals surface area contributed by atoms with Crippen LogP contribution in [0.2, 0.25) is 0 Å². The van der Waals surface area contributed by atoms with Crippen LogP contribution in [0.15, 0.2) is 24.3 Å². The first-order valence-corrected chi connectivity index (χ1v) is 7.61. The van der Waals surface area contributed by atoms with Crippen LogP contribution < -0.4 is 5.32 Å². The normalized spacial score (nSPS) is 16.2. The van der Waals surface area contributed by atoms with Gasteiger partial charge in [-0.15, -0.1) is 0 Å². The summed E-state index contributed by atoms with van der Waals surface area (Å²) in [5, 5.41) is 8.18. The summed E-state index contributed by atoms with van der Waals surface area (Å²) in [5.74, 6) is 0.179. The maximum atomic E-state index is 13.4. The van der Waals surface area contributed by atoms with E-state index < -0.39 is 0 Å². The number of rotatable bonds is 5. The summed E-state index contributed by atoms with van der Waals surface area (Å²) < 4.78 is 15.3. The van der Waals surface area contributed by atoms with E-state index in [1.807, 2.05) is 17.7 Å². The van der Waals surface area contributed by atoms with Crippen LogP contribution >= 0.6 is 0 Å². The van der Waals surface area contributed by atoms with Gasteiger partial charge in [0.1, 0.15) is 5.82 Å². The van der Waals surface area contributed by atoms with Crippen molar-refractivity contribution in [1.29, 1.82) is 0 Å². The molecule has 1 saturated carbocycles. The molecule has 1 fully saturated rings. The molecule has 3 rings (SSSR count). The fourth-order valence-corrected chi connectivity index (χ4v) is 2.96. The number of aromatic nitrogens is 2. The van der Waals surface area contributed by atoms with Gasteiger partial charge in [0.2, 0.25) is 0 Å². The zero-order valence-corrected chi connectivity index (χ0v) is 12.9. The number of hydrogen-bond acceptors (Lipinski definition) is 2. The molecule has 1 heterocycles. The predicted molar refractivity (Wildman–Crippen MR) is 82.4 cm³/mol. The summed E-state index contributed by atoms with van der Waals surface area (Å²) in [4.78, 5) is 0. The number of aryl methyl sites for hydroxylation is 1. The van der Waals surface area contributed by atoms with Crippen molar-refractivity contribution in [2.45, 2.75) is 45.6 Å². The van der Waals surface area contributed by atoms with Crippen LogP contribution in [-0.4, -0.2) is 22.4 Å². The van der Waals surface area contributed by atoms with E-state index in [1.165, 1.54) is 30.5 Å². The Balaban J connectivity index is 1.88. The molecule has 1 N–H and O–H groups in total. The summed E-state index contributed by atoms with van der Waals surface area (Å²) in [6.07, 6.45) is 2.60. The highest BCUT2D eigenvalue weighted by Gasteiger charge is 2.23. The summed E-state index contributed by atoms with van der Waals surface area (Å²) in [5.41, 5.74) is 4.18. The summed E-state index contributed by atoms with van der Waals surface area (Å²) in [6, 6.07) is 7.30. The van der Waals surface area contributed by atoms with Crippen molar-refractivity contribution in [3.63, 3.8) is 0 Å². The largest absolute Gasteiger partial charge is 0.313 e. The average Bonchev–Trinajstić information content (AvgIpc) is 3.22. The van der Waals surface area contributed by atoms with Crippen LogP contribution in [-0.2, 0) is 0 Å². The molecule has 112 valence electrons. The lowest BCUT2D eigenvalue weighted by Crippen LogP contribution is -2.22. The minimum Gasteiger partial charge on any atom is -0.313 e. The molecule has 4 heteroatoms. The Labute approximate surface area is 125 Å². The van der Waals surface area contributed by atoms with E-state index in [0.717, 1.165) is 23.6 Å². The van der Waals surface area contributed by atoms with Crippen LogP contribution in [0, 0.1) is 19.7 Å². The van der Waals surface area contributed by atoms with Gasteiger partial charge in [-0.1, -0.05) is 13.0 Å². The fourth-order valence-electron chi connectivity index (χ4n) is 2.96. The second kappa shape index (κ2) is 5.60. The maximum Gasteiger partial charge on any atom is 0.125 e. The molecule has 21 heavy (non-hydrogen) atoms. The average molecular weight is 287 g/mol. The molecule has 1 aromatic heterocycles. The van der Waals surface area contributed by atoms with E-state index in [9.17, 15) is 4.39 Å². The predicted octanol–water partition coefficient (Wildman–Crippen LogP) is 3.48. The Morgan fingerprint density at radius 1 is 1.38 bits per heavy atom. The maximum absolute atomic E-state index is 13.4. The summed E-state index contributed by atoms with van der Waals surface area (Å²) >= 11 is 0. The molecule has 0 radical (unpaired) electrons. The molecule has 0 saturated heterocycles. The zero-order chi connectivity index (χ0) is 15.0. The second-order valence-electron chi connectivity index (χ2n) is 6.06. The SMILES string of the molecule is Cc1nn(-c2cccc(F)c2)c(C)c1C(C)CNC1CC1. The fraction of sp³-hybridized carbons (Fsp3) is 0.471. The highest BCUT2D eigenvalue weighted by molar-refractivity contribution is 5.38. The van der Waals surface area contributed by atoms with Crippen LogP contribution in [0.4, 0.5) is 4.39 Å². The highest BCUT2D eigenvalue weighted by Crippen LogP contribution is 2.26. The van der Waals surface area contributed by atoms with Crippen molar-refractivity contribution in [3.8, 4) is 5.69 Å². The zero-order valence-electron chi connectivity index (χ0n) is 12.9.